The predicted octanol–water partition coefficient (Wildman–Crippen LogP) is 2.57. The summed E-state index contributed by atoms with van der Waals surface area (Å²) in [5.41, 5.74) is 1.87. The molecular weight excluding hydrogens is 266 g/mol. The summed E-state index contributed by atoms with van der Waals surface area (Å²) < 4.78 is 5.37. The molecule has 5 nitrogen and oxygen atoms in total. The monoisotopic (exact) mass is 287 g/mol. The minimum atomic E-state index is -0.201. The molecule has 112 valence electrons. The highest BCUT2D eigenvalue weighted by atomic mass is 16.5. The van der Waals surface area contributed by atoms with Crippen molar-refractivity contribution >= 4 is 17.4 Å². The van der Waals surface area contributed by atoms with Gasteiger partial charge in [-0.1, -0.05) is 18.2 Å². The molecule has 2 amide bonds. The van der Waals surface area contributed by atoms with Crippen molar-refractivity contribution in [2.24, 2.45) is 5.92 Å². The molecule has 0 bridgehead atoms. The number of allylic oxidation sites excluding steroid dienone is 1. The first-order chi connectivity index (χ1) is 10.3. The standard InChI is InChI=1S/C16H21N3O2/c20-16(17-8-7-13-5-6-13)18-14-3-1-2-4-15(14)19-9-11-21-12-10-19/h1-4,7-8,13H,5-6,9-12H2,(H2,17,18,20)/b8-7+. The van der Waals surface area contributed by atoms with E-state index in [1.807, 2.05) is 30.3 Å². The lowest BCUT2D eigenvalue weighted by Gasteiger charge is -2.30. The Morgan fingerprint density at radius 2 is 2.00 bits per heavy atom. The maximum atomic E-state index is 11.9. The fourth-order valence-electron chi connectivity index (χ4n) is 2.37. The molecule has 1 heterocycles. The summed E-state index contributed by atoms with van der Waals surface area (Å²) in [7, 11) is 0. The second kappa shape index (κ2) is 6.63. The van der Waals surface area contributed by atoms with E-state index in [1.54, 1.807) is 6.20 Å². The third-order valence-electron chi connectivity index (χ3n) is 3.71. The first-order valence-electron chi connectivity index (χ1n) is 7.49. The van der Waals surface area contributed by atoms with Crippen LogP contribution in [-0.2, 0) is 4.74 Å². The van der Waals surface area contributed by atoms with Crippen molar-refractivity contribution < 1.29 is 9.53 Å². The zero-order valence-electron chi connectivity index (χ0n) is 12.0. The summed E-state index contributed by atoms with van der Waals surface area (Å²) in [5.74, 6) is 0.658. The molecule has 2 aliphatic rings. The lowest BCUT2D eigenvalue weighted by atomic mass is 10.2. The Morgan fingerprint density at radius 3 is 2.76 bits per heavy atom. The van der Waals surface area contributed by atoms with Crippen LogP contribution in [-0.4, -0.2) is 32.3 Å². The lowest BCUT2D eigenvalue weighted by molar-refractivity contribution is 0.123. The fraction of sp³-hybridized carbons (Fsp3) is 0.438. The number of hydrogen-bond donors (Lipinski definition) is 2. The molecule has 0 spiro atoms. The first kappa shape index (κ1) is 13.9. The molecule has 1 aromatic carbocycles. The van der Waals surface area contributed by atoms with Gasteiger partial charge in [-0.3, -0.25) is 0 Å². The van der Waals surface area contributed by atoms with E-state index in [-0.39, 0.29) is 6.03 Å². The first-order valence-corrected chi connectivity index (χ1v) is 7.49. The largest absolute Gasteiger partial charge is 0.378 e. The van der Waals surface area contributed by atoms with Gasteiger partial charge in [0.1, 0.15) is 0 Å². The molecule has 0 aromatic heterocycles. The third-order valence-corrected chi connectivity index (χ3v) is 3.71. The van der Waals surface area contributed by atoms with Crippen LogP contribution in [0.15, 0.2) is 36.5 Å². The molecule has 0 radical (unpaired) electrons. The number of para-hydroxylation sites is 2. The number of ether oxygens (including phenoxy) is 1. The van der Waals surface area contributed by atoms with Gasteiger partial charge in [-0.25, -0.2) is 4.79 Å². The van der Waals surface area contributed by atoms with E-state index in [4.69, 9.17) is 4.74 Å². The number of carbonyl (C=O) groups is 1. The van der Waals surface area contributed by atoms with Crippen LogP contribution < -0.4 is 15.5 Å². The number of nitrogens with zero attached hydrogens (tertiary/aromatic N) is 1. The smallest absolute Gasteiger partial charge is 0.323 e. The third kappa shape index (κ3) is 3.98. The van der Waals surface area contributed by atoms with Gasteiger partial charge in [0.15, 0.2) is 0 Å². The average Bonchev–Trinajstić information content (AvgIpc) is 3.33. The Bertz CT molecular complexity index is 520. The molecule has 2 N–H and O–H groups in total. The molecule has 0 atom stereocenters. The maximum Gasteiger partial charge on any atom is 0.323 e. The quantitative estimate of drug-likeness (QED) is 0.895. The van der Waals surface area contributed by atoms with Gasteiger partial charge in [-0.15, -0.1) is 0 Å². The Morgan fingerprint density at radius 1 is 1.24 bits per heavy atom. The predicted molar refractivity (Wildman–Crippen MR) is 83.5 cm³/mol. The molecule has 1 saturated heterocycles. The fourth-order valence-corrected chi connectivity index (χ4v) is 2.37. The lowest BCUT2D eigenvalue weighted by Crippen LogP contribution is -2.37. The summed E-state index contributed by atoms with van der Waals surface area (Å²) in [6, 6.07) is 7.67. The number of anilines is 2. The highest BCUT2D eigenvalue weighted by molar-refractivity contribution is 5.93. The second-order valence-corrected chi connectivity index (χ2v) is 5.41. The van der Waals surface area contributed by atoms with Gasteiger partial charge in [0.05, 0.1) is 24.6 Å². The van der Waals surface area contributed by atoms with Crippen molar-refractivity contribution in [2.45, 2.75) is 12.8 Å². The number of hydrogen-bond acceptors (Lipinski definition) is 3. The maximum absolute atomic E-state index is 11.9. The van der Waals surface area contributed by atoms with Crippen molar-refractivity contribution in [3.63, 3.8) is 0 Å². The average molecular weight is 287 g/mol. The summed E-state index contributed by atoms with van der Waals surface area (Å²) in [5, 5.41) is 5.68. The van der Waals surface area contributed by atoms with E-state index < -0.39 is 0 Å². The van der Waals surface area contributed by atoms with Crippen LogP contribution in [0.2, 0.25) is 0 Å². The van der Waals surface area contributed by atoms with Gasteiger partial charge in [0.25, 0.3) is 0 Å². The number of amides is 2. The number of carbonyl (C=O) groups excluding carboxylic acids is 1. The Kier molecular flexibility index (Phi) is 4.40. The molecule has 2 fully saturated rings. The van der Waals surface area contributed by atoms with Crippen molar-refractivity contribution in [3.05, 3.63) is 36.5 Å². The van der Waals surface area contributed by atoms with Gasteiger partial charge in [0.2, 0.25) is 0 Å². The number of nitrogens with one attached hydrogen (secondary N) is 2. The van der Waals surface area contributed by atoms with E-state index in [1.165, 1.54) is 12.8 Å². The summed E-state index contributed by atoms with van der Waals surface area (Å²) >= 11 is 0. The van der Waals surface area contributed by atoms with Crippen LogP contribution >= 0.6 is 0 Å². The van der Waals surface area contributed by atoms with Gasteiger partial charge >= 0.3 is 6.03 Å². The molecule has 1 saturated carbocycles. The molecule has 0 unspecified atom stereocenters. The van der Waals surface area contributed by atoms with Crippen molar-refractivity contribution in [2.75, 3.05) is 36.5 Å². The van der Waals surface area contributed by atoms with Crippen molar-refractivity contribution in [1.29, 1.82) is 0 Å². The van der Waals surface area contributed by atoms with Gasteiger partial charge < -0.3 is 20.3 Å². The molecule has 3 rings (SSSR count). The summed E-state index contributed by atoms with van der Waals surface area (Å²) in [4.78, 5) is 14.2. The minimum Gasteiger partial charge on any atom is -0.378 e. The van der Waals surface area contributed by atoms with E-state index >= 15 is 0 Å². The van der Waals surface area contributed by atoms with Crippen LogP contribution in [0.3, 0.4) is 0 Å². The van der Waals surface area contributed by atoms with Crippen LogP contribution in [0.4, 0.5) is 16.2 Å². The zero-order chi connectivity index (χ0) is 14.5. The number of urea groups is 1. The molecule has 1 aliphatic carbocycles. The van der Waals surface area contributed by atoms with Gasteiger partial charge in [-0.2, -0.15) is 0 Å². The highest BCUT2D eigenvalue weighted by Crippen LogP contribution is 2.29. The Labute approximate surface area is 125 Å². The van der Waals surface area contributed by atoms with Crippen molar-refractivity contribution in [1.82, 2.24) is 5.32 Å². The van der Waals surface area contributed by atoms with Crippen LogP contribution in [0, 0.1) is 5.92 Å². The molecule has 1 aliphatic heterocycles. The summed E-state index contributed by atoms with van der Waals surface area (Å²) in [6.45, 7) is 3.15. The number of rotatable bonds is 4. The molecular formula is C16H21N3O2. The van der Waals surface area contributed by atoms with Gasteiger partial charge in [-0.05, 0) is 30.9 Å². The van der Waals surface area contributed by atoms with Crippen LogP contribution in [0.25, 0.3) is 0 Å². The second-order valence-electron chi connectivity index (χ2n) is 5.41. The number of benzene rings is 1. The minimum absolute atomic E-state index is 0.201. The summed E-state index contributed by atoms with van der Waals surface area (Å²) in [6.07, 6.45) is 6.26. The molecule has 21 heavy (non-hydrogen) atoms. The Hall–Kier alpha value is -2.01. The van der Waals surface area contributed by atoms with E-state index in [9.17, 15) is 4.79 Å². The topological polar surface area (TPSA) is 53.6 Å². The van der Waals surface area contributed by atoms with E-state index in [0.717, 1.165) is 37.7 Å². The molecule has 1 aromatic rings. The van der Waals surface area contributed by atoms with E-state index in [2.05, 4.69) is 15.5 Å². The van der Waals surface area contributed by atoms with Crippen LogP contribution in [0.5, 0.6) is 0 Å². The van der Waals surface area contributed by atoms with Gasteiger partial charge in [0, 0.05) is 19.3 Å². The zero-order valence-corrected chi connectivity index (χ0v) is 12.0. The molecule has 5 heteroatoms. The van der Waals surface area contributed by atoms with E-state index in [0.29, 0.717) is 5.92 Å². The number of morpholine rings is 1. The van der Waals surface area contributed by atoms with Crippen molar-refractivity contribution in [3.8, 4) is 0 Å². The Balaban J connectivity index is 1.62. The SMILES string of the molecule is O=C(N/C=C/C1CC1)Nc1ccccc1N1CCOCC1. The van der Waals surface area contributed by atoms with Crippen LogP contribution in [0.1, 0.15) is 12.8 Å². The normalized spacial score (nSPS) is 18.8. The highest BCUT2D eigenvalue weighted by Gasteiger charge is 2.17.